The third kappa shape index (κ3) is 2.70. The molecule has 0 N–H and O–H groups in total. The second-order valence-electron chi connectivity index (χ2n) is 5.74. The summed E-state index contributed by atoms with van der Waals surface area (Å²) < 4.78 is 1.29. The topological polar surface area (TPSA) is 12.9 Å². The fourth-order valence-electron chi connectivity index (χ4n) is 3.05. The zero-order chi connectivity index (χ0) is 14.2. The van der Waals surface area contributed by atoms with Crippen molar-refractivity contribution in [2.75, 3.05) is 0 Å². The van der Waals surface area contributed by atoms with Crippen molar-refractivity contribution >= 4 is 33.2 Å². The van der Waals surface area contributed by atoms with Gasteiger partial charge in [0.25, 0.3) is 0 Å². The molecule has 1 fully saturated rings. The van der Waals surface area contributed by atoms with Gasteiger partial charge >= 0.3 is 0 Å². The Hall–Kier alpha value is -1.38. The predicted octanol–water partition coefficient (Wildman–Crippen LogP) is 5.64. The van der Waals surface area contributed by atoms with E-state index in [2.05, 4.69) is 35.3 Å². The lowest BCUT2D eigenvalue weighted by Crippen LogP contribution is -2.21. The van der Waals surface area contributed by atoms with Gasteiger partial charge in [0.15, 0.2) is 0 Å². The first kappa shape index (κ1) is 13.3. The van der Waals surface area contributed by atoms with E-state index in [1.54, 1.807) is 17.3 Å². The van der Waals surface area contributed by atoms with Crippen LogP contribution >= 0.6 is 22.9 Å². The fourth-order valence-corrected chi connectivity index (χ4v) is 3.92. The van der Waals surface area contributed by atoms with Crippen molar-refractivity contribution < 1.29 is 0 Å². The van der Waals surface area contributed by atoms with Crippen LogP contribution in [0, 0.1) is 5.92 Å². The maximum Gasteiger partial charge on any atom is 0.0812 e. The number of benzene rings is 2. The molecule has 0 bridgehead atoms. The highest BCUT2D eigenvalue weighted by atomic mass is 35.5. The summed E-state index contributed by atoms with van der Waals surface area (Å²) in [6.07, 6.45) is 3.53. The van der Waals surface area contributed by atoms with E-state index in [0.717, 1.165) is 17.0 Å². The molecule has 105 valence electrons. The molecular formula is C18H15ClNS. The van der Waals surface area contributed by atoms with Crippen LogP contribution in [0.2, 0.25) is 5.02 Å². The molecule has 1 aliphatic rings. The number of thiazole rings is 1. The van der Waals surface area contributed by atoms with E-state index in [9.17, 15) is 0 Å². The first-order chi connectivity index (χ1) is 10.3. The number of hydrogen-bond donors (Lipinski definition) is 0. The van der Waals surface area contributed by atoms with Crippen LogP contribution in [0.25, 0.3) is 10.2 Å². The van der Waals surface area contributed by atoms with Crippen molar-refractivity contribution in [1.29, 1.82) is 0 Å². The van der Waals surface area contributed by atoms with Crippen LogP contribution in [-0.4, -0.2) is 4.98 Å². The molecule has 3 heteroatoms. The Morgan fingerprint density at radius 1 is 1.10 bits per heavy atom. The minimum Gasteiger partial charge on any atom is -0.245 e. The zero-order valence-corrected chi connectivity index (χ0v) is 13.1. The molecule has 1 nitrogen and oxygen atoms in total. The summed E-state index contributed by atoms with van der Waals surface area (Å²) in [4.78, 5) is 4.33. The Kier molecular flexibility index (Phi) is 3.44. The number of halogens is 1. The van der Waals surface area contributed by atoms with Gasteiger partial charge in [0.2, 0.25) is 0 Å². The van der Waals surface area contributed by atoms with Crippen molar-refractivity contribution in [3.8, 4) is 0 Å². The van der Waals surface area contributed by atoms with Gasteiger partial charge < -0.3 is 0 Å². The van der Waals surface area contributed by atoms with Crippen molar-refractivity contribution in [3.63, 3.8) is 0 Å². The Bertz CT molecular complexity index is 756. The van der Waals surface area contributed by atoms with E-state index in [1.807, 2.05) is 17.6 Å². The number of rotatable bonds is 3. The highest BCUT2D eigenvalue weighted by Gasteiger charge is 2.30. The first-order valence-electron chi connectivity index (χ1n) is 7.19. The summed E-state index contributed by atoms with van der Waals surface area (Å²) in [5, 5.41) is 0.820. The van der Waals surface area contributed by atoms with Gasteiger partial charge in [0.1, 0.15) is 0 Å². The van der Waals surface area contributed by atoms with Crippen LogP contribution in [0.1, 0.15) is 29.9 Å². The molecule has 3 aromatic rings. The van der Waals surface area contributed by atoms with Crippen LogP contribution in [0.3, 0.4) is 0 Å². The molecule has 1 radical (unpaired) electrons. The smallest absolute Gasteiger partial charge is 0.0812 e. The number of aromatic nitrogens is 1. The minimum absolute atomic E-state index is 0.685. The summed E-state index contributed by atoms with van der Waals surface area (Å²) in [5.74, 6) is 2.34. The van der Waals surface area contributed by atoms with E-state index in [1.165, 1.54) is 28.7 Å². The molecule has 0 atom stereocenters. The van der Waals surface area contributed by atoms with Gasteiger partial charge in [-0.1, -0.05) is 29.8 Å². The highest BCUT2D eigenvalue weighted by molar-refractivity contribution is 7.16. The molecule has 1 aromatic heterocycles. The number of fused-ring (bicyclic) bond motifs is 1. The highest BCUT2D eigenvalue weighted by Crippen LogP contribution is 2.45. The normalized spacial score (nSPS) is 16.2. The Labute approximate surface area is 133 Å². The van der Waals surface area contributed by atoms with Gasteiger partial charge in [-0.05, 0) is 66.5 Å². The van der Waals surface area contributed by atoms with Crippen LogP contribution in [-0.2, 0) is 6.42 Å². The third-order valence-corrected chi connectivity index (χ3v) is 5.31. The SMILES string of the molecule is Clc1ccc(C2C[C](Cc3ccc4ncsc4c3)C2)cc1. The summed E-state index contributed by atoms with van der Waals surface area (Å²) in [5.41, 5.74) is 5.86. The molecule has 0 spiro atoms. The monoisotopic (exact) mass is 312 g/mol. The quantitative estimate of drug-likeness (QED) is 0.609. The van der Waals surface area contributed by atoms with Gasteiger partial charge in [0, 0.05) is 5.02 Å². The maximum absolute atomic E-state index is 5.94. The largest absolute Gasteiger partial charge is 0.245 e. The van der Waals surface area contributed by atoms with Crippen LogP contribution in [0.4, 0.5) is 0 Å². The molecule has 1 saturated carbocycles. The van der Waals surface area contributed by atoms with E-state index in [4.69, 9.17) is 11.6 Å². The Morgan fingerprint density at radius 3 is 2.71 bits per heavy atom. The van der Waals surface area contributed by atoms with Crippen LogP contribution < -0.4 is 0 Å². The van der Waals surface area contributed by atoms with E-state index >= 15 is 0 Å². The fraction of sp³-hybridized carbons (Fsp3) is 0.222. The Morgan fingerprint density at radius 2 is 1.90 bits per heavy atom. The lowest BCUT2D eigenvalue weighted by molar-refractivity contribution is 0.447. The van der Waals surface area contributed by atoms with Gasteiger partial charge in [-0.15, -0.1) is 11.3 Å². The van der Waals surface area contributed by atoms with Crippen molar-refractivity contribution in [2.24, 2.45) is 0 Å². The van der Waals surface area contributed by atoms with E-state index in [-0.39, 0.29) is 0 Å². The molecular weight excluding hydrogens is 298 g/mol. The lowest BCUT2D eigenvalue weighted by Gasteiger charge is -2.35. The van der Waals surface area contributed by atoms with Crippen LogP contribution in [0.15, 0.2) is 48.0 Å². The van der Waals surface area contributed by atoms with Gasteiger partial charge in [-0.3, -0.25) is 0 Å². The summed E-state index contributed by atoms with van der Waals surface area (Å²) in [6.45, 7) is 0. The van der Waals surface area contributed by atoms with Gasteiger partial charge in [0.05, 0.1) is 15.7 Å². The van der Waals surface area contributed by atoms with Crippen molar-refractivity contribution in [2.45, 2.75) is 25.2 Å². The second-order valence-corrected chi connectivity index (χ2v) is 7.06. The summed E-state index contributed by atoms with van der Waals surface area (Å²) >= 11 is 7.66. The Balaban J connectivity index is 1.40. The average Bonchev–Trinajstić information content (AvgIpc) is 2.91. The third-order valence-electron chi connectivity index (χ3n) is 4.26. The van der Waals surface area contributed by atoms with Gasteiger partial charge in [-0.25, -0.2) is 4.98 Å². The lowest BCUT2D eigenvalue weighted by atomic mass is 9.69. The predicted molar refractivity (Wildman–Crippen MR) is 90.0 cm³/mol. The molecule has 2 aromatic carbocycles. The molecule has 21 heavy (non-hydrogen) atoms. The standard InChI is InChI=1S/C18H15ClNS/c19-16-4-2-14(3-5-16)15-8-13(9-15)7-12-1-6-17-18(10-12)21-11-20-17/h1-6,10-11,15H,7-9H2. The van der Waals surface area contributed by atoms with E-state index < -0.39 is 0 Å². The summed E-state index contributed by atoms with van der Waals surface area (Å²) in [6, 6.07) is 14.9. The molecule has 1 aliphatic carbocycles. The van der Waals surface area contributed by atoms with Crippen molar-refractivity contribution in [1.82, 2.24) is 4.98 Å². The maximum atomic E-state index is 5.94. The van der Waals surface area contributed by atoms with Crippen LogP contribution in [0.5, 0.6) is 0 Å². The minimum atomic E-state index is 0.685. The molecule has 4 rings (SSSR count). The summed E-state index contributed by atoms with van der Waals surface area (Å²) in [7, 11) is 0. The molecule has 0 amide bonds. The molecule has 0 unspecified atom stereocenters. The molecule has 0 aliphatic heterocycles. The number of hydrogen-bond acceptors (Lipinski definition) is 2. The van der Waals surface area contributed by atoms with Gasteiger partial charge in [-0.2, -0.15) is 0 Å². The van der Waals surface area contributed by atoms with Crippen molar-refractivity contribution in [3.05, 3.63) is 70.0 Å². The van der Waals surface area contributed by atoms with E-state index in [0.29, 0.717) is 5.92 Å². The second kappa shape index (κ2) is 5.43. The number of nitrogens with zero attached hydrogens (tertiary/aromatic N) is 1. The first-order valence-corrected chi connectivity index (χ1v) is 8.45. The molecule has 0 saturated heterocycles. The molecule has 1 heterocycles. The average molecular weight is 313 g/mol. The zero-order valence-electron chi connectivity index (χ0n) is 11.6.